The Bertz CT molecular complexity index is 257. The number of urea groups is 1. The normalized spacial score (nSPS) is 29.1. The maximum absolute atomic E-state index is 11.9. The molecule has 2 atom stereocenters. The summed E-state index contributed by atoms with van der Waals surface area (Å²) in [6.45, 7) is 6.88. The van der Waals surface area contributed by atoms with Crippen molar-refractivity contribution in [3.05, 3.63) is 0 Å². The second kappa shape index (κ2) is 4.59. The molecule has 5 heteroatoms. The Kier molecular flexibility index (Phi) is 3.35. The molecule has 0 radical (unpaired) electrons. The van der Waals surface area contributed by atoms with E-state index in [9.17, 15) is 4.79 Å². The van der Waals surface area contributed by atoms with E-state index in [1.54, 1.807) is 0 Å². The fourth-order valence-corrected chi connectivity index (χ4v) is 2.51. The summed E-state index contributed by atoms with van der Waals surface area (Å²) < 4.78 is 0. The van der Waals surface area contributed by atoms with Gasteiger partial charge in [-0.3, -0.25) is 5.43 Å². The Morgan fingerprint density at radius 2 is 2.00 bits per heavy atom. The average molecular weight is 226 g/mol. The van der Waals surface area contributed by atoms with Crippen LogP contribution in [0.1, 0.15) is 20.3 Å². The minimum atomic E-state index is 0.116. The van der Waals surface area contributed by atoms with E-state index in [1.165, 1.54) is 0 Å². The zero-order valence-electron chi connectivity index (χ0n) is 10.4. The molecule has 3 rings (SSSR count). The van der Waals surface area contributed by atoms with Crippen molar-refractivity contribution >= 4 is 6.03 Å². The van der Waals surface area contributed by atoms with Crippen LogP contribution in [0.2, 0.25) is 0 Å². The van der Waals surface area contributed by atoms with Gasteiger partial charge in [-0.15, -0.1) is 0 Å². The number of nitrogens with one attached hydrogen (secondary N) is 2. The van der Waals surface area contributed by atoms with Gasteiger partial charge in [0.05, 0.1) is 0 Å². The van der Waals surface area contributed by atoms with Gasteiger partial charge in [0.25, 0.3) is 0 Å². The number of amides is 2. The molecule has 0 aromatic carbocycles. The summed E-state index contributed by atoms with van der Waals surface area (Å²) in [4.78, 5) is 13.9. The van der Waals surface area contributed by atoms with Gasteiger partial charge in [0.1, 0.15) is 0 Å². The van der Waals surface area contributed by atoms with Crippen LogP contribution in [0.4, 0.5) is 4.79 Å². The predicted octanol–water partition coefficient (Wildman–Crippen LogP) is 0.245. The van der Waals surface area contributed by atoms with E-state index in [1.807, 2.05) is 11.9 Å². The molecule has 0 aromatic heterocycles. The fraction of sp³-hybridized carbons (Fsp3) is 0.909. The monoisotopic (exact) mass is 226 g/mol. The Labute approximate surface area is 97.1 Å². The Balaban J connectivity index is 1.82. The van der Waals surface area contributed by atoms with Crippen LogP contribution >= 0.6 is 0 Å². The number of hydrogen-bond donors (Lipinski definition) is 2. The van der Waals surface area contributed by atoms with E-state index in [-0.39, 0.29) is 6.03 Å². The van der Waals surface area contributed by atoms with Gasteiger partial charge in [0, 0.05) is 31.7 Å². The van der Waals surface area contributed by atoms with Crippen molar-refractivity contribution in [3.63, 3.8) is 0 Å². The molecule has 3 saturated heterocycles. The third-order valence-corrected chi connectivity index (χ3v) is 3.41. The number of carbonyl (C=O) groups is 1. The van der Waals surface area contributed by atoms with Crippen molar-refractivity contribution in [1.29, 1.82) is 0 Å². The quantitative estimate of drug-likeness (QED) is 0.725. The van der Waals surface area contributed by atoms with E-state index in [4.69, 9.17) is 0 Å². The lowest BCUT2D eigenvalue weighted by Crippen LogP contribution is -2.72. The van der Waals surface area contributed by atoms with Crippen molar-refractivity contribution < 1.29 is 4.79 Å². The molecule has 3 heterocycles. The van der Waals surface area contributed by atoms with Crippen LogP contribution in [0.25, 0.3) is 0 Å². The molecule has 0 aliphatic carbocycles. The second-order valence-corrected chi connectivity index (χ2v) is 5.16. The number of piperazine rings is 1. The number of nitrogens with zero attached hydrogens (tertiary/aromatic N) is 2. The first-order chi connectivity index (χ1) is 7.61. The fourth-order valence-electron chi connectivity index (χ4n) is 2.51. The van der Waals surface area contributed by atoms with Gasteiger partial charge in [-0.2, -0.15) is 0 Å². The molecule has 2 bridgehead atoms. The largest absolute Gasteiger partial charge is 0.338 e. The third-order valence-electron chi connectivity index (χ3n) is 3.41. The number of piperidine rings is 1. The summed E-state index contributed by atoms with van der Waals surface area (Å²) in [5, 5.41) is 5.18. The third kappa shape index (κ3) is 2.15. The number of hydrogen-bond acceptors (Lipinski definition) is 3. The maximum atomic E-state index is 11.9. The summed E-state index contributed by atoms with van der Waals surface area (Å²) >= 11 is 0. The highest BCUT2D eigenvalue weighted by atomic mass is 16.2. The Morgan fingerprint density at radius 1 is 1.38 bits per heavy atom. The number of rotatable bonds is 3. The van der Waals surface area contributed by atoms with Gasteiger partial charge in [-0.1, -0.05) is 13.8 Å². The van der Waals surface area contributed by atoms with E-state index in [0.717, 1.165) is 26.1 Å². The standard InChI is InChI=1S/C11H22N4O/c1-8(2)5-13-11(16)15-9-4-10(15)7-14(6-9)12-3/h8-10,12H,4-7H2,1-3H3,(H,13,16). The highest BCUT2D eigenvalue weighted by Gasteiger charge is 2.46. The summed E-state index contributed by atoms with van der Waals surface area (Å²) in [6, 6.07) is 0.919. The summed E-state index contributed by atoms with van der Waals surface area (Å²) in [6.07, 6.45) is 1.16. The molecule has 0 aromatic rings. The summed E-state index contributed by atoms with van der Waals surface area (Å²) in [5.41, 5.74) is 3.15. The lowest BCUT2D eigenvalue weighted by molar-refractivity contribution is -0.0523. The van der Waals surface area contributed by atoms with E-state index >= 15 is 0 Å². The minimum Gasteiger partial charge on any atom is -0.338 e. The molecule has 2 amide bonds. The topological polar surface area (TPSA) is 47.6 Å². The number of fused-ring (bicyclic) bond motifs is 2. The van der Waals surface area contributed by atoms with Gasteiger partial charge in [-0.05, 0) is 19.4 Å². The molecule has 3 aliphatic rings. The zero-order valence-corrected chi connectivity index (χ0v) is 10.4. The molecule has 2 unspecified atom stereocenters. The molecule has 16 heavy (non-hydrogen) atoms. The lowest BCUT2D eigenvalue weighted by Gasteiger charge is -2.55. The highest BCUT2D eigenvalue weighted by molar-refractivity contribution is 5.76. The molecular weight excluding hydrogens is 204 g/mol. The highest BCUT2D eigenvalue weighted by Crippen LogP contribution is 2.31. The molecule has 3 fully saturated rings. The van der Waals surface area contributed by atoms with E-state index < -0.39 is 0 Å². The number of carbonyl (C=O) groups excluding carboxylic acids is 1. The van der Waals surface area contributed by atoms with Crippen LogP contribution in [-0.2, 0) is 0 Å². The predicted molar refractivity (Wildman–Crippen MR) is 62.9 cm³/mol. The van der Waals surface area contributed by atoms with Crippen LogP contribution in [0, 0.1) is 5.92 Å². The molecule has 0 spiro atoms. The van der Waals surface area contributed by atoms with Crippen molar-refractivity contribution in [3.8, 4) is 0 Å². The van der Waals surface area contributed by atoms with Crippen molar-refractivity contribution in [1.82, 2.24) is 20.7 Å². The first-order valence-corrected chi connectivity index (χ1v) is 6.10. The SMILES string of the molecule is CNN1CC2CC(C1)N2C(=O)NCC(C)C. The molecule has 92 valence electrons. The molecule has 3 aliphatic heterocycles. The van der Waals surface area contributed by atoms with Crippen molar-refractivity contribution in [2.45, 2.75) is 32.4 Å². The van der Waals surface area contributed by atoms with Gasteiger partial charge in [0.2, 0.25) is 0 Å². The van der Waals surface area contributed by atoms with Crippen LogP contribution in [0.5, 0.6) is 0 Å². The van der Waals surface area contributed by atoms with Crippen LogP contribution in [-0.4, -0.2) is 54.7 Å². The molecule has 5 nitrogen and oxygen atoms in total. The zero-order chi connectivity index (χ0) is 11.7. The lowest BCUT2D eigenvalue weighted by atomic mass is 9.89. The molecule has 2 N–H and O–H groups in total. The minimum absolute atomic E-state index is 0.116. The van der Waals surface area contributed by atoms with E-state index in [2.05, 4.69) is 29.6 Å². The smallest absolute Gasteiger partial charge is 0.318 e. The van der Waals surface area contributed by atoms with Crippen LogP contribution in [0.3, 0.4) is 0 Å². The summed E-state index contributed by atoms with van der Waals surface area (Å²) in [5.74, 6) is 0.513. The summed E-state index contributed by atoms with van der Waals surface area (Å²) in [7, 11) is 1.94. The van der Waals surface area contributed by atoms with Crippen molar-refractivity contribution in [2.24, 2.45) is 5.92 Å². The first-order valence-electron chi connectivity index (χ1n) is 6.10. The van der Waals surface area contributed by atoms with Crippen molar-refractivity contribution in [2.75, 3.05) is 26.7 Å². The molecular formula is C11H22N4O. The van der Waals surface area contributed by atoms with Gasteiger partial charge >= 0.3 is 6.03 Å². The first kappa shape index (κ1) is 11.7. The van der Waals surface area contributed by atoms with Crippen LogP contribution in [0.15, 0.2) is 0 Å². The molecule has 0 saturated carbocycles. The van der Waals surface area contributed by atoms with E-state index in [0.29, 0.717) is 18.0 Å². The maximum Gasteiger partial charge on any atom is 0.318 e. The Hall–Kier alpha value is -0.810. The second-order valence-electron chi connectivity index (χ2n) is 5.16. The van der Waals surface area contributed by atoms with Gasteiger partial charge < -0.3 is 10.2 Å². The van der Waals surface area contributed by atoms with Crippen LogP contribution < -0.4 is 10.7 Å². The van der Waals surface area contributed by atoms with Gasteiger partial charge in [0.15, 0.2) is 0 Å². The number of hydrazine groups is 1. The Morgan fingerprint density at radius 3 is 2.50 bits per heavy atom. The average Bonchev–Trinajstić information content (AvgIpc) is 2.26. The van der Waals surface area contributed by atoms with Gasteiger partial charge in [-0.25, -0.2) is 9.80 Å².